The molecule has 0 bridgehead atoms. The molecule has 0 aromatic heterocycles. The lowest BCUT2D eigenvalue weighted by atomic mass is 10.1. The zero-order valence-electron chi connectivity index (χ0n) is 11.8. The Balaban J connectivity index is 2.27. The third kappa shape index (κ3) is 3.67. The standard InChI is InChI=1S/C16H15BrN2O2/c1-20-15-7-6-11(8-16(15)21-2)14(10-18)19-13-5-3-4-12(17)9-13/h3-9,14,19H,1-2H3. The minimum Gasteiger partial charge on any atom is -0.493 e. The van der Waals surface area contributed by atoms with Crippen molar-refractivity contribution in [2.45, 2.75) is 6.04 Å². The average Bonchev–Trinajstić information content (AvgIpc) is 2.52. The summed E-state index contributed by atoms with van der Waals surface area (Å²) in [5.74, 6) is 1.24. The van der Waals surface area contributed by atoms with Crippen LogP contribution in [0.5, 0.6) is 11.5 Å². The van der Waals surface area contributed by atoms with Crippen LogP contribution in [0.3, 0.4) is 0 Å². The molecule has 21 heavy (non-hydrogen) atoms. The van der Waals surface area contributed by atoms with E-state index in [-0.39, 0.29) is 0 Å². The van der Waals surface area contributed by atoms with Gasteiger partial charge >= 0.3 is 0 Å². The molecule has 4 nitrogen and oxygen atoms in total. The molecule has 5 heteroatoms. The average molecular weight is 347 g/mol. The molecule has 1 N–H and O–H groups in total. The second kappa shape index (κ2) is 7.00. The van der Waals surface area contributed by atoms with Crippen LogP contribution in [0.1, 0.15) is 11.6 Å². The van der Waals surface area contributed by atoms with Gasteiger partial charge in [-0.3, -0.25) is 0 Å². The van der Waals surface area contributed by atoms with E-state index in [1.165, 1.54) is 0 Å². The number of hydrogen-bond acceptors (Lipinski definition) is 4. The molecule has 0 aliphatic heterocycles. The highest BCUT2D eigenvalue weighted by Crippen LogP contribution is 2.31. The van der Waals surface area contributed by atoms with E-state index in [0.717, 1.165) is 15.7 Å². The number of benzene rings is 2. The van der Waals surface area contributed by atoms with Crippen LogP contribution in [-0.2, 0) is 0 Å². The summed E-state index contributed by atoms with van der Waals surface area (Å²) in [6.45, 7) is 0. The fourth-order valence-electron chi connectivity index (χ4n) is 1.97. The Morgan fingerprint density at radius 3 is 2.48 bits per heavy atom. The highest BCUT2D eigenvalue weighted by Gasteiger charge is 2.13. The van der Waals surface area contributed by atoms with Crippen LogP contribution in [0, 0.1) is 11.3 Å². The van der Waals surface area contributed by atoms with E-state index >= 15 is 0 Å². The lowest BCUT2D eigenvalue weighted by molar-refractivity contribution is 0.354. The van der Waals surface area contributed by atoms with Gasteiger partial charge in [0, 0.05) is 10.2 Å². The van der Waals surface area contributed by atoms with Gasteiger partial charge in [-0.15, -0.1) is 0 Å². The van der Waals surface area contributed by atoms with Crippen LogP contribution in [-0.4, -0.2) is 14.2 Å². The van der Waals surface area contributed by atoms with E-state index in [9.17, 15) is 5.26 Å². The van der Waals surface area contributed by atoms with Crippen molar-refractivity contribution in [2.24, 2.45) is 0 Å². The fourth-order valence-corrected chi connectivity index (χ4v) is 2.37. The van der Waals surface area contributed by atoms with E-state index in [0.29, 0.717) is 11.5 Å². The Kier molecular flexibility index (Phi) is 5.07. The van der Waals surface area contributed by atoms with Crippen molar-refractivity contribution in [3.63, 3.8) is 0 Å². The Bertz CT molecular complexity index is 668. The molecule has 2 rings (SSSR count). The molecule has 0 radical (unpaired) electrons. The van der Waals surface area contributed by atoms with Crippen LogP contribution in [0.2, 0.25) is 0 Å². The smallest absolute Gasteiger partial charge is 0.161 e. The first-order chi connectivity index (χ1) is 10.2. The predicted molar refractivity (Wildman–Crippen MR) is 85.7 cm³/mol. The van der Waals surface area contributed by atoms with Gasteiger partial charge in [-0.2, -0.15) is 5.26 Å². The minimum absolute atomic E-state index is 0.473. The van der Waals surface area contributed by atoms with Gasteiger partial charge < -0.3 is 14.8 Å². The number of halogens is 1. The fraction of sp³-hybridized carbons (Fsp3) is 0.188. The molecule has 0 spiro atoms. The zero-order valence-corrected chi connectivity index (χ0v) is 13.3. The van der Waals surface area contributed by atoms with Gasteiger partial charge in [0.05, 0.1) is 20.3 Å². The van der Waals surface area contributed by atoms with E-state index in [1.54, 1.807) is 26.4 Å². The maximum Gasteiger partial charge on any atom is 0.161 e. The highest BCUT2D eigenvalue weighted by atomic mass is 79.9. The minimum atomic E-state index is -0.473. The van der Waals surface area contributed by atoms with E-state index in [1.807, 2.05) is 30.3 Å². The number of nitriles is 1. The normalized spacial score (nSPS) is 11.3. The van der Waals surface area contributed by atoms with Crippen molar-refractivity contribution in [3.8, 4) is 17.6 Å². The Morgan fingerprint density at radius 2 is 1.86 bits per heavy atom. The number of rotatable bonds is 5. The van der Waals surface area contributed by atoms with Crippen molar-refractivity contribution < 1.29 is 9.47 Å². The summed E-state index contributed by atoms with van der Waals surface area (Å²) < 4.78 is 11.4. The second-order valence-corrected chi connectivity index (χ2v) is 5.25. The Hall–Kier alpha value is -2.19. The molecule has 0 aliphatic rings. The van der Waals surface area contributed by atoms with Crippen molar-refractivity contribution in [2.75, 3.05) is 19.5 Å². The largest absolute Gasteiger partial charge is 0.493 e. The van der Waals surface area contributed by atoms with Crippen molar-refractivity contribution in [1.29, 1.82) is 5.26 Å². The molecule has 0 saturated carbocycles. The van der Waals surface area contributed by atoms with Gasteiger partial charge in [0.2, 0.25) is 0 Å². The van der Waals surface area contributed by atoms with E-state index < -0.39 is 6.04 Å². The Labute approximate surface area is 132 Å². The monoisotopic (exact) mass is 346 g/mol. The highest BCUT2D eigenvalue weighted by molar-refractivity contribution is 9.10. The van der Waals surface area contributed by atoms with Crippen LogP contribution in [0.4, 0.5) is 5.69 Å². The summed E-state index contributed by atoms with van der Waals surface area (Å²) in [4.78, 5) is 0. The predicted octanol–water partition coefficient (Wildman–Crippen LogP) is 4.14. The second-order valence-electron chi connectivity index (χ2n) is 4.33. The third-order valence-corrected chi connectivity index (χ3v) is 3.50. The van der Waals surface area contributed by atoms with E-state index in [2.05, 4.69) is 27.3 Å². The van der Waals surface area contributed by atoms with E-state index in [4.69, 9.17) is 9.47 Å². The summed E-state index contributed by atoms with van der Waals surface area (Å²) >= 11 is 3.41. The summed E-state index contributed by atoms with van der Waals surface area (Å²) in [5.41, 5.74) is 1.68. The quantitative estimate of drug-likeness (QED) is 0.883. The van der Waals surface area contributed by atoms with Gasteiger partial charge in [0.15, 0.2) is 11.5 Å². The molecule has 0 saturated heterocycles. The van der Waals surface area contributed by atoms with Crippen LogP contribution < -0.4 is 14.8 Å². The van der Waals surface area contributed by atoms with Crippen LogP contribution >= 0.6 is 15.9 Å². The molecule has 108 valence electrons. The van der Waals surface area contributed by atoms with Crippen LogP contribution in [0.15, 0.2) is 46.9 Å². The van der Waals surface area contributed by atoms with Gasteiger partial charge in [0.1, 0.15) is 6.04 Å². The lowest BCUT2D eigenvalue weighted by Gasteiger charge is -2.15. The molecular weight excluding hydrogens is 332 g/mol. The summed E-state index contributed by atoms with van der Waals surface area (Å²) in [5, 5.41) is 12.6. The molecule has 2 aromatic rings. The molecule has 1 unspecified atom stereocenters. The molecule has 2 aromatic carbocycles. The first kappa shape index (κ1) is 15.2. The van der Waals surface area contributed by atoms with Crippen molar-refractivity contribution in [3.05, 3.63) is 52.5 Å². The van der Waals surface area contributed by atoms with Gasteiger partial charge in [-0.05, 0) is 35.9 Å². The number of methoxy groups -OCH3 is 2. The SMILES string of the molecule is COc1ccc(C(C#N)Nc2cccc(Br)c2)cc1OC. The molecule has 0 heterocycles. The summed E-state index contributed by atoms with van der Waals surface area (Å²) in [6, 6.07) is 14.9. The zero-order chi connectivity index (χ0) is 15.2. The third-order valence-electron chi connectivity index (χ3n) is 3.01. The molecule has 0 amide bonds. The number of hydrogen-bond donors (Lipinski definition) is 1. The molecule has 0 fully saturated rings. The van der Waals surface area contributed by atoms with Gasteiger partial charge in [0.25, 0.3) is 0 Å². The number of ether oxygens (including phenoxy) is 2. The topological polar surface area (TPSA) is 54.3 Å². The van der Waals surface area contributed by atoms with Crippen molar-refractivity contribution >= 4 is 21.6 Å². The van der Waals surface area contributed by atoms with Crippen LogP contribution in [0.25, 0.3) is 0 Å². The summed E-state index contributed by atoms with van der Waals surface area (Å²) in [6.07, 6.45) is 0. The number of nitrogens with zero attached hydrogens (tertiary/aromatic N) is 1. The summed E-state index contributed by atoms with van der Waals surface area (Å²) in [7, 11) is 3.16. The van der Waals surface area contributed by atoms with Crippen molar-refractivity contribution in [1.82, 2.24) is 0 Å². The first-order valence-corrected chi connectivity index (χ1v) is 7.11. The number of anilines is 1. The maximum absolute atomic E-state index is 9.40. The number of nitrogens with one attached hydrogen (secondary N) is 1. The lowest BCUT2D eigenvalue weighted by Crippen LogP contribution is -2.08. The maximum atomic E-state index is 9.40. The first-order valence-electron chi connectivity index (χ1n) is 6.31. The van der Waals surface area contributed by atoms with Gasteiger partial charge in [-0.25, -0.2) is 0 Å². The molecular formula is C16H15BrN2O2. The Morgan fingerprint density at radius 1 is 1.10 bits per heavy atom. The molecule has 1 atom stereocenters. The van der Waals surface area contributed by atoms with Gasteiger partial charge in [-0.1, -0.05) is 28.1 Å². The molecule has 0 aliphatic carbocycles.